The highest BCUT2D eigenvalue weighted by Crippen LogP contribution is 2.17. The molecular weight excluding hydrogens is 254 g/mol. The second kappa shape index (κ2) is 5.09. The highest BCUT2D eigenvalue weighted by molar-refractivity contribution is 6.05. The predicted molar refractivity (Wildman–Crippen MR) is 78.0 cm³/mol. The maximum Gasteiger partial charge on any atom is 0.254 e. The number of carbonyl (C=O) groups is 1. The Balaban J connectivity index is 2.01. The smallest absolute Gasteiger partial charge is 0.254 e. The molecule has 0 atom stereocenters. The number of aromatic nitrogens is 1. The molecule has 2 aromatic rings. The zero-order chi connectivity index (χ0) is 14.1. The summed E-state index contributed by atoms with van der Waals surface area (Å²) >= 11 is 0. The van der Waals surface area contributed by atoms with Gasteiger partial charge in [0.15, 0.2) is 0 Å². The number of nitrogens with one attached hydrogen (secondary N) is 1. The van der Waals surface area contributed by atoms with E-state index in [9.17, 15) is 9.59 Å². The van der Waals surface area contributed by atoms with Crippen molar-refractivity contribution in [1.29, 1.82) is 0 Å². The number of rotatable bonds is 1. The van der Waals surface area contributed by atoms with Crippen LogP contribution >= 0.6 is 0 Å². The van der Waals surface area contributed by atoms with E-state index in [0.717, 1.165) is 18.5 Å². The van der Waals surface area contributed by atoms with E-state index in [-0.39, 0.29) is 11.5 Å². The Hall–Kier alpha value is -2.14. The number of hydrogen-bond donors (Lipinski definition) is 1. The molecule has 0 saturated carbocycles. The van der Waals surface area contributed by atoms with Crippen LogP contribution in [0.25, 0.3) is 10.9 Å². The molecule has 1 fully saturated rings. The maximum absolute atomic E-state index is 12.6. The maximum atomic E-state index is 12.6. The summed E-state index contributed by atoms with van der Waals surface area (Å²) in [6.07, 6.45) is 0. The number of para-hydroxylation sites is 1. The molecule has 2 heterocycles. The first kappa shape index (κ1) is 12.9. The zero-order valence-electron chi connectivity index (χ0n) is 11.4. The van der Waals surface area contributed by atoms with E-state index in [1.165, 1.54) is 6.07 Å². The zero-order valence-corrected chi connectivity index (χ0v) is 11.4. The van der Waals surface area contributed by atoms with Crippen molar-refractivity contribution in [2.45, 2.75) is 0 Å². The molecule has 0 spiro atoms. The molecule has 0 unspecified atom stereocenters. The summed E-state index contributed by atoms with van der Waals surface area (Å²) in [6, 6.07) is 8.82. The van der Waals surface area contributed by atoms with Crippen molar-refractivity contribution < 1.29 is 4.79 Å². The summed E-state index contributed by atoms with van der Waals surface area (Å²) in [5.41, 5.74) is 0.965. The van der Waals surface area contributed by atoms with Crippen LogP contribution < -0.4 is 5.56 Å². The monoisotopic (exact) mass is 271 g/mol. The van der Waals surface area contributed by atoms with Crippen LogP contribution in [0.2, 0.25) is 0 Å². The first-order valence-corrected chi connectivity index (χ1v) is 6.75. The van der Waals surface area contributed by atoms with Crippen LogP contribution in [0.5, 0.6) is 0 Å². The average Bonchev–Trinajstić information content (AvgIpc) is 2.46. The van der Waals surface area contributed by atoms with Gasteiger partial charge in [-0.15, -0.1) is 0 Å². The van der Waals surface area contributed by atoms with Crippen molar-refractivity contribution in [1.82, 2.24) is 14.8 Å². The SMILES string of the molecule is CN1CCN(C(=O)c2cc(=O)[nH]c3ccccc23)CC1. The van der Waals surface area contributed by atoms with Gasteiger partial charge in [-0.3, -0.25) is 9.59 Å². The summed E-state index contributed by atoms with van der Waals surface area (Å²) in [5, 5.41) is 0.802. The van der Waals surface area contributed by atoms with E-state index < -0.39 is 0 Å². The standard InChI is InChI=1S/C15H17N3O2/c1-17-6-8-18(9-7-17)15(20)12-10-14(19)16-13-5-3-2-4-11(12)13/h2-5,10H,6-9H2,1H3,(H,16,19). The number of amides is 1. The highest BCUT2D eigenvalue weighted by atomic mass is 16.2. The fourth-order valence-corrected chi connectivity index (χ4v) is 2.56. The van der Waals surface area contributed by atoms with Crippen molar-refractivity contribution in [3.05, 3.63) is 46.2 Å². The summed E-state index contributed by atoms with van der Waals surface area (Å²) < 4.78 is 0. The average molecular weight is 271 g/mol. The lowest BCUT2D eigenvalue weighted by Crippen LogP contribution is -2.47. The van der Waals surface area contributed by atoms with Gasteiger partial charge in [0.1, 0.15) is 0 Å². The lowest BCUT2D eigenvalue weighted by molar-refractivity contribution is 0.0666. The number of hydrogen-bond acceptors (Lipinski definition) is 3. The van der Waals surface area contributed by atoms with Gasteiger partial charge in [-0.25, -0.2) is 0 Å². The van der Waals surface area contributed by atoms with Crippen molar-refractivity contribution in [3.63, 3.8) is 0 Å². The molecule has 1 saturated heterocycles. The minimum atomic E-state index is -0.235. The molecule has 104 valence electrons. The molecule has 20 heavy (non-hydrogen) atoms. The normalized spacial score (nSPS) is 16.6. The number of nitrogens with zero attached hydrogens (tertiary/aromatic N) is 2. The van der Waals surface area contributed by atoms with Gasteiger partial charge in [0, 0.05) is 43.1 Å². The molecule has 1 amide bonds. The third-order valence-corrected chi connectivity index (χ3v) is 3.77. The van der Waals surface area contributed by atoms with Gasteiger partial charge in [-0.2, -0.15) is 0 Å². The molecule has 1 N–H and O–H groups in total. The molecule has 5 heteroatoms. The molecule has 1 aliphatic rings. The van der Waals surface area contributed by atoms with Crippen molar-refractivity contribution in [2.24, 2.45) is 0 Å². The number of carbonyl (C=O) groups excluding carboxylic acids is 1. The molecule has 1 aromatic carbocycles. The molecule has 1 aromatic heterocycles. The first-order valence-electron chi connectivity index (χ1n) is 6.75. The molecule has 0 aliphatic carbocycles. The van der Waals surface area contributed by atoms with E-state index in [2.05, 4.69) is 9.88 Å². The largest absolute Gasteiger partial charge is 0.336 e. The Kier molecular flexibility index (Phi) is 3.28. The second-order valence-electron chi connectivity index (χ2n) is 5.19. The summed E-state index contributed by atoms with van der Waals surface area (Å²) in [6.45, 7) is 3.15. The van der Waals surface area contributed by atoms with Gasteiger partial charge in [0.25, 0.3) is 5.91 Å². The molecule has 3 rings (SSSR count). The number of H-pyrrole nitrogens is 1. The Morgan fingerprint density at radius 3 is 2.60 bits per heavy atom. The Bertz CT molecular complexity index is 700. The van der Waals surface area contributed by atoms with Crippen LogP contribution in [0.4, 0.5) is 0 Å². The number of piperazine rings is 1. The van der Waals surface area contributed by atoms with Crippen molar-refractivity contribution >= 4 is 16.8 Å². The summed E-state index contributed by atoms with van der Waals surface area (Å²) in [5.74, 6) is -0.0552. The topological polar surface area (TPSA) is 56.4 Å². The molecular formula is C15H17N3O2. The number of fused-ring (bicyclic) bond motifs is 1. The molecule has 0 radical (unpaired) electrons. The number of aromatic amines is 1. The van der Waals surface area contributed by atoms with Gasteiger partial charge < -0.3 is 14.8 Å². The van der Waals surface area contributed by atoms with Gasteiger partial charge in [0.05, 0.1) is 5.56 Å². The van der Waals surface area contributed by atoms with Crippen LogP contribution in [-0.4, -0.2) is 53.9 Å². The van der Waals surface area contributed by atoms with Crippen molar-refractivity contribution in [3.8, 4) is 0 Å². The highest BCUT2D eigenvalue weighted by Gasteiger charge is 2.22. The van der Waals surface area contributed by atoms with E-state index in [4.69, 9.17) is 0 Å². The predicted octanol–water partition coefficient (Wildman–Crippen LogP) is 0.916. The van der Waals surface area contributed by atoms with Crippen molar-refractivity contribution in [2.75, 3.05) is 33.2 Å². The molecule has 0 bridgehead atoms. The van der Waals surface area contributed by atoms with Gasteiger partial charge in [-0.1, -0.05) is 18.2 Å². The van der Waals surface area contributed by atoms with E-state index >= 15 is 0 Å². The van der Waals surface area contributed by atoms with Crippen LogP contribution in [-0.2, 0) is 0 Å². The third-order valence-electron chi connectivity index (χ3n) is 3.77. The van der Waals surface area contributed by atoms with Gasteiger partial charge >= 0.3 is 0 Å². The Morgan fingerprint density at radius 1 is 1.15 bits per heavy atom. The van der Waals surface area contributed by atoms with Crippen LogP contribution in [0.15, 0.2) is 35.1 Å². The summed E-state index contributed by atoms with van der Waals surface area (Å²) in [7, 11) is 2.05. The second-order valence-corrected chi connectivity index (χ2v) is 5.19. The lowest BCUT2D eigenvalue weighted by atomic mass is 10.1. The van der Waals surface area contributed by atoms with Crippen LogP contribution in [0, 0.1) is 0 Å². The van der Waals surface area contributed by atoms with E-state index in [0.29, 0.717) is 24.2 Å². The fraction of sp³-hybridized carbons (Fsp3) is 0.333. The first-order chi connectivity index (χ1) is 9.65. The number of benzene rings is 1. The quantitative estimate of drug-likeness (QED) is 0.839. The lowest BCUT2D eigenvalue weighted by Gasteiger charge is -2.32. The minimum absolute atomic E-state index is 0.0552. The minimum Gasteiger partial charge on any atom is -0.336 e. The Morgan fingerprint density at radius 2 is 1.85 bits per heavy atom. The van der Waals surface area contributed by atoms with Gasteiger partial charge in [0.2, 0.25) is 5.56 Å². The summed E-state index contributed by atoms with van der Waals surface area (Å²) in [4.78, 5) is 31.1. The Labute approximate surface area is 116 Å². The number of pyridine rings is 1. The molecule has 5 nitrogen and oxygen atoms in total. The van der Waals surface area contributed by atoms with Gasteiger partial charge in [-0.05, 0) is 13.1 Å². The fourth-order valence-electron chi connectivity index (χ4n) is 2.56. The molecule has 1 aliphatic heterocycles. The van der Waals surface area contributed by atoms with Crippen LogP contribution in [0.3, 0.4) is 0 Å². The van der Waals surface area contributed by atoms with Crippen LogP contribution in [0.1, 0.15) is 10.4 Å². The number of likely N-dealkylation sites (N-methyl/N-ethyl adjacent to an activating group) is 1. The third kappa shape index (κ3) is 2.32. The van der Waals surface area contributed by atoms with E-state index in [1.54, 1.807) is 0 Å². The van der Waals surface area contributed by atoms with E-state index in [1.807, 2.05) is 36.2 Å².